The highest BCUT2D eigenvalue weighted by Crippen LogP contribution is 2.22. The van der Waals surface area contributed by atoms with Crippen molar-refractivity contribution in [2.24, 2.45) is 0 Å². The first-order valence-electron chi connectivity index (χ1n) is 8.67. The number of methoxy groups -OCH3 is 1. The van der Waals surface area contributed by atoms with E-state index >= 15 is 0 Å². The van der Waals surface area contributed by atoms with E-state index in [9.17, 15) is 4.79 Å². The maximum atomic E-state index is 12.2. The molecule has 1 heterocycles. The molecule has 0 bridgehead atoms. The van der Waals surface area contributed by atoms with Gasteiger partial charge in [0, 0.05) is 12.1 Å². The molecule has 3 aromatic rings. The third-order valence-electron chi connectivity index (χ3n) is 4.11. The predicted octanol–water partition coefficient (Wildman–Crippen LogP) is 2.74. The summed E-state index contributed by atoms with van der Waals surface area (Å²) in [5.41, 5.74) is 14.4. The summed E-state index contributed by atoms with van der Waals surface area (Å²) in [4.78, 5) is 20.4. The molecule has 0 aliphatic carbocycles. The van der Waals surface area contributed by atoms with Crippen LogP contribution >= 0.6 is 0 Å². The summed E-state index contributed by atoms with van der Waals surface area (Å²) < 4.78 is 5.15. The maximum Gasteiger partial charge on any atom is 0.269 e. The number of nitrogens with one attached hydrogen (secondary N) is 3. The third kappa shape index (κ3) is 4.67. The van der Waals surface area contributed by atoms with Gasteiger partial charge in [-0.25, -0.2) is 9.97 Å². The van der Waals surface area contributed by atoms with Crippen molar-refractivity contribution in [3.05, 3.63) is 71.5 Å². The van der Waals surface area contributed by atoms with Crippen LogP contribution in [0, 0.1) is 6.92 Å². The van der Waals surface area contributed by atoms with Gasteiger partial charge in [-0.05, 0) is 36.8 Å². The van der Waals surface area contributed by atoms with Crippen LogP contribution in [0.3, 0.4) is 0 Å². The SMILES string of the molecule is COc1ccc(CNc2ncnc(NNC(=O)c3ccc(C)cc3)c2N)cc1. The summed E-state index contributed by atoms with van der Waals surface area (Å²) in [6.45, 7) is 2.49. The Hall–Kier alpha value is -3.81. The van der Waals surface area contributed by atoms with Gasteiger partial charge >= 0.3 is 0 Å². The molecule has 144 valence electrons. The molecule has 0 aliphatic heterocycles. The smallest absolute Gasteiger partial charge is 0.269 e. The zero-order chi connectivity index (χ0) is 19.9. The topological polar surface area (TPSA) is 114 Å². The highest BCUT2D eigenvalue weighted by atomic mass is 16.5. The first kappa shape index (κ1) is 19.0. The van der Waals surface area contributed by atoms with Crippen molar-refractivity contribution in [3.63, 3.8) is 0 Å². The fraction of sp³-hybridized carbons (Fsp3) is 0.150. The number of hydrogen-bond acceptors (Lipinski definition) is 7. The molecule has 0 radical (unpaired) electrons. The number of aryl methyl sites for hydroxylation is 1. The number of carbonyl (C=O) groups excluding carboxylic acids is 1. The number of nitrogen functional groups attached to an aromatic ring is 1. The fourth-order valence-electron chi connectivity index (χ4n) is 2.46. The number of ether oxygens (including phenoxy) is 1. The second-order valence-corrected chi connectivity index (χ2v) is 6.13. The number of rotatable bonds is 7. The normalized spacial score (nSPS) is 10.2. The summed E-state index contributed by atoms with van der Waals surface area (Å²) >= 11 is 0. The van der Waals surface area contributed by atoms with Crippen molar-refractivity contribution in [1.29, 1.82) is 0 Å². The molecule has 8 heteroatoms. The Kier molecular flexibility index (Phi) is 5.91. The lowest BCUT2D eigenvalue weighted by atomic mass is 10.1. The highest BCUT2D eigenvalue weighted by Gasteiger charge is 2.10. The van der Waals surface area contributed by atoms with Gasteiger partial charge in [0.05, 0.1) is 7.11 Å². The second kappa shape index (κ2) is 8.72. The Bertz CT molecular complexity index is 942. The molecule has 0 atom stereocenters. The van der Waals surface area contributed by atoms with Gasteiger partial charge in [0.1, 0.15) is 17.8 Å². The van der Waals surface area contributed by atoms with Gasteiger partial charge in [-0.1, -0.05) is 29.8 Å². The van der Waals surface area contributed by atoms with Crippen LogP contribution in [0.4, 0.5) is 17.3 Å². The van der Waals surface area contributed by atoms with E-state index < -0.39 is 0 Å². The third-order valence-corrected chi connectivity index (χ3v) is 4.11. The van der Waals surface area contributed by atoms with Crippen LogP contribution in [0.15, 0.2) is 54.9 Å². The lowest BCUT2D eigenvalue weighted by Crippen LogP contribution is -2.30. The fourth-order valence-corrected chi connectivity index (χ4v) is 2.46. The van der Waals surface area contributed by atoms with E-state index in [1.54, 1.807) is 19.2 Å². The molecule has 0 fully saturated rings. The zero-order valence-corrected chi connectivity index (χ0v) is 15.7. The Morgan fingerprint density at radius 3 is 2.39 bits per heavy atom. The van der Waals surface area contributed by atoms with Gasteiger partial charge < -0.3 is 15.8 Å². The predicted molar refractivity (Wildman–Crippen MR) is 109 cm³/mol. The van der Waals surface area contributed by atoms with E-state index in [1.807, 2.05) is 43.3 Å². The molecule has 0 unspecified atom stereocenters. The lowest BCUT2D eigenvalue weighted by Gasteiger charge is -2.13. The van der Waals surface area contributed by atoms with Crippen LogP contribution in [-0.2, 0) is 6.54 Å². The summed E-state index contributed by atoms with van der Waals surface area (Å²) in [7, 11) is 1.63. The molecule has 28 heavy (non-hydrogen) atoms. The number of anilines is 3. The number of nitrogens with two attached hydrogens (primary N) is 1. The Morgan fingerprint density at radius 1 is 1.04 bits per heavy atom. The van der Waals surface area contributed by atoms with Crippen molar-refractivity contribution in [2.45, 2.75) is 13.5 Å². The number of benzene rings is 2. The zero-order valence-electron chi connectivity index (χ0n) is 15.7. The van der Waals surface area contributed by atoms with Crippen LogP contribution in [0.1, 0.15) is 21.5 Å². The van der Waals surface area contributed by atoms with Gasteiger partial charge in [-0.15, -0.1) is 0 Å². The Morgan fingerprint density at radius 2 is 1.71 bits per heavy atom. The van der Waals surface area contributed by atoms with E-state index in [4.69, 9.17) is 10.5 Å². The van der Waals surface area contributed by atoms with E-state index in [-0.39, 0.29) is 5.91 Å². The highest BCUT2D eigenvalue weighted by molar-refractivity contribution is 5.95. The number of hydrogen-bond donors (Lipinski definition) is 4. The van der Waals surface area contributed by atoms with Crippen LogP contribution in [-0.4, -0.2) is 23.0 Å². The minimum Gasteiger partial charge on any atom is -0.497 e. The molecule has 2 aromatic carbocycles. The van der Waals surface area contributed by atoms with Crippen LogP contribution in [0.2, 0.25) is 0 Å². The van der Waals surface area contributed by atoms with Crippen LogP contribution < -0.4 is 26.6 Å². The molecule has 5 N–H and O–H groups in total. The average Bonchev–Trinajstić information content (AvgIpc) is 2.73. The molecule has 3 rings (SSSR count). The van der Waals surface area contributed by atoms with Crippen molar-refractivity contribution >= 4 is 23.2 Å². The standard InChI is InChI=1S/C20H22N6O2/c1-13-3-7-15(8-4-13)20(27)26-25-19-17(21)18(23-12-24-19)22-11-14-5-9-16(28-2)10-6-14/h3-10,12H,11,21H2,1-2H3,(H,26,27)(H2,22,23,24,25). The van der Waals surface area contributed by atoms with Gasteiger partial charge in [0.15, 0.2) is 11.6 Å². The largest absolute Gasteiger partial charge is 0.497 e. The maximum absolute atomic E-state index is 12.2. The van der Waals surface area contributed by atoms with E-state index in [1.165, 1.54) is 6.33 Å². The van der Waals surface area contributed by atoms with E-state index in [0.29, 0.717) is 29.4 Å². The van der Waals surface area contributed by atoms with Gasteiger partial charge in [0.25, 0.3) is 5.91 Å². The molecule has 0 spiro atoms. The van der Waals surface area contributed by atoms with E-state index in [2.05, 4.69) is 26.1 Å². The average molecular weight is 378 g/mol. The molecule has 0 saturated heterocycles. The number of nitrogens with zero attached hydrogens (tertiary/aromatic N) is 2. The quantitative estimate of drug-likeness (QED) is 0.467. The number of hydrazine groups is 1. The molecular weight excluding hydrogens is 356 g/mol. The van der Waals surface area contributed by atoms with Crippen LogP contribution in [0.5, 0.6) is 5.75 Å². The molecule has 0 saturated carbocycles. The van der Waals surface area contributed by atoms with Gasteiger partial charge in [-0.2, -0.15) is 0 Å². The second-order valence-electron chi connectivity index (χ2n) is 6.13. The monoisotopic (exact) mass is 378 g/mol. The minimum absolute atomic E-state index is 0.286. The minimum atomic E-state index is -0.286. The lowest BCUT2D eigenvalue weighted by molar-refractivity contribution is 0.0962. The molecule has 8 nitrogen and oxygen atoms in total. The van der Waals surface area contributed by atoms with Crippen molar-refractivity contribution in [1.82, 2.24) is 15.4 Å². The van der Waals surface area contributed by atoms with Gasteiger partial charge in [-0.3, -0.25) is 15.6 Å². The summed E-state index contributed by atoms with van der Waals surface area (Å²) in [5, 5.41) is 3.16. The first-order chi connectivity index (χ1) is 13.6. The molecule has 0 aliphatic rings. The van der Waals surface area contributed by atoms with Crippen molar-refractivity contribution in [2.75, 3.05) is 23.6 Å². The van der Waals surface area contributed by atoms with Crippen LogP contribution in [0.25, 0.3) is 0 Å². The Balaban J connectivity index is 1.61. The summed E-state index contributed by atoms with van der Waals surface area (Å²) in [6, 6.07) is 14.9. The summed E-state index contributed by atoms with van der Waals surface area (Å²) in [6.07, 6.45) is 1.37. The molecular formula is C20H22N6O2. The van der Waals surface area contributed by atoms with Crippen molar-refractivity contribution in [3.8, 4) is 5.75 Å². The number of amides is 1. The first-order valence-corrected chi connectivity index (χ1v) is 8.67. The Labute approximate surface area is 163 Å². The number of carbonyl (C=O) groups is 1. The molecule has 1 amide bonds. The van der Waals surface area contributed by atoms with E-state index in [0.717, 1.165) is 16.9 Å². The molecule has 1 aromatic heterocycles. The van der Waals surface area contributed by atoms with Gasteiger partial charge in [0.2, 0.25) is 0 Å². The van der Waals surface area contributed by atoms with Crippen molar-refractivity contribution < 1.29 is 9.53 Å². The summed E-state index contributed by atoms with van der Waals surface area (Å²) in [5.74, 6) is 1.29. The number of aromatic nitrogens is 2.